The van der Waals surface area contributed by atoms with Gasteiger partial charge in [-0.1, -0.05) is 0 Å². The first-order valence-electron chi connectivity index (χ1n) is 4.86. The number of pyridine rings is 1. The second kappa shape index (κ2) is 3.97. The van der Waals surface area contributed by atoms with Crippen LogP contribution in [0.25, 0.3) is 0 Å². The normalized spacial score (nSPS) is 14.5. The largest absolute Gasteiger partial charge is 0.477 e. The summed E-state index contributed by atoms with van der Waals surface area (Å²) in [6, 6.07) is 1.18. The van der Waals surface area contributed by atoms with Gasteiger partial charge in [0, 0.05) is 19.3 Å². The number of alkyl halides is 3. The van der Waals surface area contributed by atoms with Crippen molar-refractivity contribution in [2.75, 3.05) is 0 Å². The Bertz CT molecular complexity index is 528. The van der Waals surface area contributed by atoms with E-state index >= 15 is 0 Å². The summed E-state index contributed by atoms with van der Waals surface area (Å²) in [4.78, 5) is 25.9. The first kappa shape index (κ1) is 12.3. The van der Waals surface area contributed by atoms with Crippen LogP contribution in [0.3, 0.4) is 0 Å². The van der Waals surface area contributed by atoms with Gasteiger partial charge in [-0.05, 0) is 17.2 Å². The maximum atomic E-state index is 12.2. The van der Waals surface area contributed by atoms with Crippen LogP contribution in [-0.2, 0) is 17.9 Å². The zero-order valence-corrected chi connectivity index (χ0v) is 8.86. The molecule has 0 radical (unpaired) electrons. The van der Waals surface area contributed by atoms with E-state index in [0.29, 0.717) is 16.0 Å². The maximum Gasteiger partial charge on any atom is 0.471 e. The smallest absolute Gasteiger partial charge is 0.471 e. The van der Waals surface area contributed by atoms with Crippen LogP contribution in [0.15, 0.2) is 12.3 Å². The number of hydrogen-bond donors (Lipinski definition) is 1. The molecule has 0 unspecified atom stereocenters. The lowest BCUT2D eigenvalue weighted by atomic mass is 10.1. The molecule has 1 aromatic heterocycles. The van der Waals surface area contributed by atoms with Crippen LogP contribution in [0.5, 0.6) is 0 Å². The van der Waals surface area contributed by atoms with E-state index in [9.17, 15) is 22.8 Å². The molecule has 1 aliphatic rings. The number of carboxylic acids is 1. The monoisotopic (exact) mass is 260 g/mol. The van der Waals surface area contributed by atoms with Crippen molar-refractivity contribution in [2.45, 2.75) is 19.3 Å². The Hall–Kier alpha value is -2.12. The highest BCUT2D eigenvalue weighted by atomic mass is 19.4. The minimum Gasteiger partial charge on any atom is -0.477 e. The molecule has 96 valence electrons. The third-order valence-corrected chi connectivity index (χ3v) is 2.55. The summed E-state index contributed by atoms with van der Waals surface area (Å²) in [6.07, 6.45) is -3.74. The predicted octanol–water partition coefficient (Wildman–Crippen LogP) is 1.18. The first-order chi connectivity index (χ1) is 8.29. The molecule has 0 saturated carbocycles. The molecule has 1 aromatic rings. The molecule has 1 amide bonds. The molecule has 18 heavy (non-hydrogen) atoms. The van der Waals surface area contributed by atoms with E-state index in [1.165, 1.54) is 12.3 Å². The summed E-state index contributed by atoms with van der Waals surface area (Å²) in [5.74, 6) is -3.20. The highest BCUT2D eigenvalue weighted by Gasteiger charge is 2.44. The SMILES string of the molecule is O=C(O)c1cc2c(cn1)CN(C(=O)C(F)(F)F)C2. The molecule has 0 fully saturated rings. The number of carboxylic acid groups (broad SMARTS) is 1. The van der Waals surface area contributed by atoms with Crippen molar-refractivity contribution in [3.05, 3.63) is 29.1 Å². The van der Waals surface area contributed by atoms with Gasteiger partial charge in [-0.3, -0.25) is 4.79 Å². The molecule has 0 aromatic carbocycles. The molecule has 8 heteroatoms. The predicted molar refractivity (Wildman–Crippen MR) is 51.5 cm³/mol. The van der Waals surface area contributed by atoms with Crippen LogP contribution in [0.1, 0.15) is 21.6 Å². The Labute approximate surface area is 98.8 Å². The topological polar surface area (TPSA) is 70.5 Å². The molecule has 0 spiro atoms. The number of aromatic carboxylic acids is 1. The average molecular weight is 260 g/mol. The van der Waals surface area contributed by atoms with Gasteiger partial charge >= 0.3 is 18.1 Å². The standard InChI is InChI=1S/C10H7F3N2O3/c11-10(12,13)9(18)15-3-5-1-7(8(16)17)14-2-6(5)4-15/h1-2H,3-4H2,(H,16,17). The van der Waals surface area contributed by atoms with Gasteiger partial charge in [0.25, 0.3) is 0 Å². The number of fused-ring (bicyclic) bond motifs is 1. The van der Waals surface area contributed by atoms with Gasteiger partial charge in [0.2, 0.25) is 0 Å². The molecule has 2 rings (SSSR count). The van der Waals surface area contributed by atoms with Gasteiger partial charge in [0.15, 0.2) is 0 Å². The van der Waals surface area contributed by atoms with E-state index in [-0.39, 0.29) is 18.8 Å². The number of carbonyl (C=O) groups is 2. The van der Waals surface area contributed by atoms with Crippen molar-refractivity contribution >= 4 is 11.9 Å². The number of amides is 1. The van der Waals surface area contributed by atoms with Crippen molar-refractivity contribution in [2.24, 2.45) is 0 Å². The number of aromatic nitrogens is 1. The van der Waals surface area contributed by atoms with Gasteiger partial charge in [-0.25, -0.2) is 9.78 Å². The molecule has 5 nitrogen and oxygen atoms in total. The highest BCUT2D eigenvalue weighted by Crippen LogP contribution is 2.27. The van der Waals surface area contributed by atoms with E-state index in [1.807, 2.05) is 0 Å². The van der Waals surface area contributed by atoms with Crippen LogP contribution < -0.4 is 0 Å². The zero-order chi connectivity index (χ0) is 13.5. The van der Waals surface area contributed by atoms with Gasteiger partial charge in [0.05, 0.1) is 0 Å². The molecule has 1 N–H and O–H groups in total. The zero-order valence-electron chi connectivity index (χ0n) is 8.86. The lowest BCUT2D eigenvalue weighted by Crippen LogP contribution is -2.37. The van der Waals surface area contributed by atoms with E-state index < -0.39 is 18.1 Å². The van der Waals surface area contributed by atoms with Crippen molar-refractivity contribution < 1.29 is 27.9 Å². The molecule has 0 aliphatic carbocycles. The molecule has 0 atom stereocenters. The Morgan fingerprint density at radius 3 is 2.44 bits per heavy atom. The number of rotatable bonds is 1. The number of halogens is 3. The van der Waals surface area contributed by atoms with E-state index in [4.69, 9.17) is 5.11 Å². The fourth-order valence-corrected chi connectivity index (χ4v) is 1.72. The van der Waals surface area contributed by atoms with Gasteiger partial charge in [-0.2, -0.15) is 13.2 Å². The fraction of sp³-hybridized carbons (Fsp3) is 0.300. The Morgan fingerprint density at radius 1 is 1.28 bits per heavy atom. The Kier molecular flexibility index (Phi) is 2.72. The molecule has 2 heterocycles. The van der Waals surface area contributed by atoms with E-state index in [0.717, 1.165) is 0 Å². The summed E-state index contributed by atoms with van der Waals surface area (Å²) in [6.45, 7) is -0.461. The third kappa shape index (κ3) is 2.13. The lowest BCUT2D eigenvalue weighted by Gasteiger charge is -2.16. The van der Waals surface area contributed by atoms with Gasteiger partial charge in [0.1, 0.15) is 5.69 Å². The summed E-state index contributed by atoms with van der Waals surface area (Å²) in [5.41, 5.74) is 0.549. The first-order valence-corrected chi connectivity index (χ1v) is 4.86. The van der Waals surface area contributed by atoms with Crippen LogP contribution in [0, 0.1) is 0 Å². The summed E-state index contributed by atoms with van der Waals surface area (Å²) in [5, 5.41) is 8.70. The second-order valence-corrected chi connectivity index (χ2v) is 3.80. The minimum atomic E-state index is -4.93. The molecule has 0 saturated heterocycles. The Balaban J connectivity index is 2.23. The van der Waals surface area contributed by atoms with Gasteiger partial charge < -0.3 is 10.0 Å². The maximum absolute atomic E-state index is 12.2. The summed E-state index contributed by atoms with van der Waals surface area (Å²) >= 11 is 0. The van der Waals surface area contributed by atoms with Crippen molar-refractivity contribution in [1.29, 1.82) is 0 Å². The van der Waals surface area contributed by atoms with E-state index in [2.05, 4.69) is 4.98 Å². The Morgan fingerprint density at radius 2 is 1.89 bits per heavy atom. The summed E-state index contributed by atoms with van der Waals surface area (Å²) < 4.78 is 36.7. The minimum absolute atomic E-state index is 0.208. The van der Waals surface area contributed by atoms with Crippen LogP contribution in [0.2, 0.25) is 0 Å². The number of nitrogens with zero attached hydrogens (tertiary/aromatic N) is 2. The number of hydrogen-bond acceptors (Lipinski definition) is 3. The second-order valence-electron chi connectivity index (χ2n) is 3.80. The van der Waals surface area contributed by atoms with E-state index in [1.54, 1.807) is 0 Å². The highest BCUT2D eigenvalue weighted by molar-refractivity contribution is 5.86. The van der Waals surface area contributed by atoms with Crippen molar-refractivity contribution in [3.8, 4) is 0 Å². The third-order valence-electron chi connectivity index (χ3n) is 2.55. The molecular formula is C10H7F3N2O3. The molecule has 1 aliphatic heterocycles. The van der Waals surface area contributed by atoms with Crippen LogP contribution >= 0.6 is 0 Å². The quantitative estimate of drug-likeness (QED) is 0.823. The van der Waals surface area contributed by atoms with Crippen LogP contribution in [0.4, 0.5) is 13.2 Å². The van der Waals surface area contributed by atoms with Gasteiger partial charge in [-0.15, -0.1) is 0 Å². The van der Waals surface area contributed by atoms with Crippen molar-refractivity contribution in [3.63, 3.8) is 0 Å². The average Bonchev–Trinajstić information content (AvgIpc) is 2.68. The summed E-state index contributed by atoms with van der Waals surface area (Å²) in [7, 11) is 0. The van der Waals surface area contributed by atoms with Crippen molar-refractivity contribution in [1.82, 2.24) is 9.88 Å². The fourth-order valence-electron chi connectivity index (χ4n) is 1.72. The number of carbonyl (C=O) groups excluding carboxylic acids is 1. The lowest BCUT2D eigenvalue weighted by molar-refractivity contribution is -0.186. The molecular weight excluding hydrogens is 253 g/mol. The van der Waals surface area contributed by atoms with Crippen LogP contribution in [-0.4, -0.2) is 33.0 Å². The molecule has 0 bridgehead atoms.